The minimum atomic E-state index is -0.317. The summed E-state index contributed by atoms with van der Waals surface area (Å²) in [6, 6.07) is 21.2. The summed E-state index contributed by atoms with van der Waals surface area (Å²) in [6.07, 6.45) is 1.69. The molecule has 0 fully saturated rings. The smallest absolute Gasteiger partial charge is 0.257 e. The SMILES string of the molecule is C=CCn1c(SCC(=O)Nc2ccccc2C(=O)Nc2cccc(C)c2)nnc1-c1ccccc1O. The molecule has 0 spiro atoms. The minimum Gasteiger partial charge on any atom is -0.507 e. The summed E-state index contributed by atoms with van der Waals surface area (Å²) in [5.41, 5.74) is 3.02. The normalized spacial score (nSPS) is 10.6. The van der Waals surface area contributed by atoms with E-state index in [4.69, 9.17) is 0 Å². The molecule has 1 aromatic heterocycles. The van der Waals surface area contributed by atoms with Crippen LogP contribution in [0.5, 0.6) is 5.75 Å². The van der Waals surface area contributed by atoms with E-state index in [-0.39, 0.29) is 23.3 Å². The van der Waals surface area contributed by atoms with Gasteiger partial charge in [0.2, 0.25) is 5.91 Å². The zero-order valence-electron chi connectivity index (χ0n) is 19.6. The zero-order chi connectivity index (χ0) is 25.5. The van der Waals surface area contributed by atoms with Gasteiger partial charge >= 0.3 is 0 Å². The third kappa shape index (κ3) is 5.81. The van der Waals surface area contributed by atoms with Crippen LogP contribution in [-0.2, 0) is 11.3 Å². The van der Waals surface area contributed by atoms with Crippen molar-refractivity contribution in [1.29, 1.82) is 0 Å². The summed E-state index contributed by atoms with van der Waals surface area (Å²) in [5.74, 6) is -0.00135. The van der Waals surface area contributed by atoms with Gasteiger partial charge in [-0.05, 0) is 48.9 Å². The predicted octanol–water partition coefficient (Wildman–Crippen LogP) is 5.13. The van der Waals surface area contributed by atoms with Crippen molar-refractivity contribution in [1.82, 2.24) is 14.8 Å². The van der Waals surface area contributed by atoms with Crippen LogP contribution >= 0.6 is 11.8 Å². The van der Waals surface area contributed by atoms with Crippen molar-refractivity contribution >= 4 is 35.0 Å². The number of aryl methyl sites for hydroxylation is 1. The third-order valence-electron chi connectivity index (χ3n) is 5.23. The fourth-order valence-electron chi connectivity index (χ4n) is 3.58. The highest BCUT2D eigenvalue weighted by Gasteiger charge is 2.18. The van der Waals surface area contributed by atoms with Crippen LogP contribution in [0.1, 0.15) is 15.9 Å². The number of phenolic OH excluding ortho intramolecular Hbond substituents is 1. The lowest BCUT2D eigenvalue weighted by Gasteiger charge is -2.12. The van der Waals surface area contributed by atoms with Crippen molar-refractivity contribution in [3.63, 3.8) is 0 Å². The summed E-state index contributed by atoms with van der Waals surface area (Å²) in [4.78, 5) is 25.7. The Morgan fingerprint density at radius 1 is 1.03 bits per heavy atom. The first-order chi connectivity index (χ1) is 17.5. The average Bonchev–Trinajstić information content (AvgIpc) is 3.26. The Labute approximate surface area is 213 Å². The number of aromatic nitrogens is 3. The van der Waals surface area contributed by atoms with Gasteiger partial charge < -0.3 is 15.7 Å². The van der Waals surface area contributed by atoms with Gasteiger partial charge in [0, 0.05) is 12.2 Å². The molecular formula is C27H25N5O3S. The van der Waals surface area contributed by atoms with Crippen molar-refractivity contribution in [2.45, 2.75) is 18.6 Å². The van der Waals surface area contributed by atoms with Gasteiger partial charge in [0.1, 0.15) is 5.75 Å². The lowest BCUT2D eigenvalue weighted by molar-refractivity contribution is -0.113. The Morgan fingerprint density at radius 3 is 2.58 bits per heavy atom. The number of aromatic hydroxyl groups is 1. The molecule has 3 aromatic carbocycles. The fraction of sp³-hybridized carbons (Fsp3) is 0.111. The minimum absolute atomic E-state index is 0.0455. The number of para-hydroxylation sites is 2. The molecule has 1 heterocycles. The van der Waals surface area contributed by atoms with Crippen molar-refractivity contribution < 1.29 is 14.7 Å². The first kappa shape index (κ1) is 24.7. The molecule has 4 aromatic rings. The number of nitrogens with zero attached hydrogens (tertiary/aromatic N) is 3. The number of hydrogen-bond acceptors (Lipinski definition) is 6. The summed E-state index contributed by atoms with van der Waals surface area (Å²) >= 11 is 1.20. The van der Waals surface area contributed by atoms with E-state index in [1.54, 1.807) is 59.2 Å². The van der Waals surface area contributed by atoms with Crippen LogP contribution in [-0.4, -0.2) is 37.4 Å². The number of carbonyl (C=O) groups is 2. The largest absolute Gasteiger partial charge is 0.507 e. The monoisotopic (exact) mass is 499 g/mol. The molecule has 0 aliphatic rings. The maximum atomic E-state index is 12.9. The summed E-state index contributed by atoms with van der Waals surface area (Å²) in [6.45, 7) is 6.13. The van der Waals surface area contributed by atoms with Crippen LogP contribution in [0.25, 0.3) is 11.4 Å². The van der Waals surface area contributed by atoms with Gasteiger partial charge in [0.25, 0.3) is 5.91 Å². The number of carbonyl (C=O) groups excluding carboxylic acids is 2. The maximum absolute atomic E-state index is 12.9. The van der Waals surface area contributed by atoms with Crippen LogP contribution in [0, 0.1) is 6.92 Å². The number of allylic oxidation sites excluding steroid dienone is 1. The molecule has 3 N–H and O–H groups in total. The molecule has 36 heavy (non-hydrogen) atoms. The number of anilines is 2. The first-order valence-electron chi connectivity index (χ1n) is 11.2. The van der Waals surface area contributed by atoms with Crippen LogP contribution < -0.4 is 10.6 Å². The summed E-state index contributed by atoms with van der Waals surface area (Å²) in [5, 5.41) is 24.8. The highest BCUT2D eigenvalue weighted by Crippen LogP contribution is 2.30. The molecule has 0 saturated heterocycles. The molecule has 182 valence electrons. The van der Waals surface area contributed by atoms with Gasteiger partial charge in [-0.3, -0.25) is 14.2 Å². The number of rotatable bonds is 9. The second-order valence-corrected chi connectivity index (χ2v) is 8.87. The molecule has 0 aliphatic carbocycles. The van der Waals surface area contributed by atoms with E-state index < -0.39 is 0 Å². The molecule has 0 bridgehead atoms. The van der Waals surface area contributed by atoms with Crippen LogP contribution in [0.15, 0.2) is 90.6 Å². The topological polar surface area (TPSA) is 109 Å². The Balaban J connectivity index is 1.46. The molecule has 0 aliphatic heterocycles. The molecular weight excluding hydrogens is 474 g/mol. The molecule has 0 radical (unpaired) electrons. The number of benzene rings is 3. The van der Waals surface area contributed by atoms with E-state index >= 15 is 0 Å². The van der Waals surface area contributed by atoms with Gasteiger partial charge in [0.05, 0.1) is 22.6 Å². The average molecular weight is 500 g/mol. The number of hydrogen-bond donors (Lipinski definition) is 3. The van der Waals surface area contributed by atoms with Crippen molar-refractivity contribution in [2.24, 2.45) is 0 Å². The van der Waals surface area contributed by atoms with Crippen LogP contribution in [0.2, 0.25) is 0 Å². The molecule has 9 heteroatoms. The Bertz CT molecular complexity index is 1420. The van der Waals surface area contributed by atoms with E-state index in [1.807, 2.05) is 31.2 Å². The van der Waals surface area contributed by atoms with Crippen LogP contribution in [0.4, 0.5) is 11.4 Å². The number of nitrogens with one attached hydrogen (secondary N) is 2. The lowest BCUT2D eigenvalue weighted by Crippen LogP contribution is -2.19. The highest BCUT2D eigenvalue weighted by atomic mass is 32.2. The number of amides is 2. The van der Waals surface area contributed by atoms with Gasteiger partial charge in [-0.15, -0.1) is 16.8 Å². The van der Waals surface area contributed by atoms with Gasteiger partial charge in [-0.1, -0.05) is 54.2 Å². The van der Waals surface area contributed by atoms with Gasteiger partial charge in [-0.25, -0.2) is 0 Å². The quantitative estimate of drug-likeness (QED) is 0.218. The molecule has 4 rings (SSSR count). The van der Waals surface area contributed by atoms with Crippen molar-refractivity contribution in [3.05, 3.63) is 96.6 Å². The third-order valence-corrected chi connectivity index (χ3v) is 6.19. The van der Waals surface area contributed by atoms with E-state index in [0.29, 0.717) is 40.0 Å². The lowest BCUT2D eigenvalue weighted by atomic mass is 10.1. The molecule has 0 saturated carbocycles. The van der Waals surface area contributed by atoms with E-state index in [9.17, 15) is 14.7 Å². The number of phenols is 1. The molecule has 0 atom stereocenters. The van der Waals surface area contributed by atoms with E-state index in [2.05, 4.69) is 27.4 Å². The van der Waals surface area contributed by atoms with Crippen LogP contribution in [0.3, 0.4) is 0 Å². The van der Waals surface area contributed by atoms with Gasteiger partial charge in [-0.2, -0.15) is 0 Å². The first-order valence-corrected chi connectivity index (χ1v) is 12.2. The predicted molar refractivity (Wildman–Crippen MR) is 142 cm³/mol. The number of thioether (sulfide) groups is 1. The zero-order valence-corrected chi connectivity index (χ0v) is 20.5. The molecule has 8 nitrogen and oxygen atoms in total. The Kier molecular flexibility index (Phi) is 7.82. The summed E-state index contributed by atoms with van der Waals surface area (Å²) < 4.78 is 1.78. The van der Waals surface area contributed by atoms with Crippen molar-refractivity contribution in [2.75, 3.05) is 16.4 Å². The Hall–Kier alpha value is -4.37. The molecule has 2 amide bonds. The highest BCUT2D eigenvalue weighted by molar-refractivity contribution is 7.99. The van der Waals surface area contributed by atoms with E-state index in [0.717, 1.165) is 5.56 Å². The maximum Gasteiger partial charge on any atom is 0.257 e. The second-order valence-electron chi connectivity index (χ2n) is 7.93. The Morgan fingerprint density at radius 2 is 1.81 bits per heavy atom. The van der Waals surface area contributed by atoms with Gasteiger partial charge in [0.15, 0.2) is 11.0 Å². The van der Waals surface area contributed by atoms with Crippen molar-refractivity contribution in [3.8, 4) is 17.1 Å². The summed E-state index contributed by atoms with van der Waals surface area (Å²) in [7, 11) is 0. The molecule has 0 unspecified atom stereocenters. The van der Waals surface area contributed by atoms with E-state index in [1.165, 1.54) is 11.8 Å². The fourth-order valence-corrected chi connectivity index (χ4v) is 4.33. The second kappa shape index (κ2) is 11.4. The standard InChI is InChI=1S/C27H25N5O3S/c1-3-15-32-25(21-12-5-7-14-23(21)33)30-31-27(32)36-17-24(34)29-22-13-6-4-11-20(22)26(35)28-19-10-8-9-18(2)16-19/h3-14,16,33H,1,15,17H2,2H3,(H,28,35)(H,29,34).